The molecule has 2 N–H and O–H groups in total. The summed E-state index contributed by atoms with van der Waals surface area (Å²) in [5.41, 5.74) is 7.04. The van der Waals surface area contributed by atoms with E-state index in [1.54, 1.807) is 0 Å². The molecule has 3 nitrogen and oxygen atoms in total. The van der Waals surface area contributed by atoms with Gasteiger partial charge in [0.25, 0.3) is 0 Å². The highest BCUT2D eigenvalue weighted by Crippen LogP contribution is 2.28. The summed E-state index contributed by atoms with van der Waals surface area (Å²) in [5.74, 6) is -0.0197. The maximum atomic E-state index is 10.7. The van der Waals surface area contributed by atoms with Gasteiger partial charge in [0.05, 0.1) is 0 Å². The third-order valence-electron chi connectivity index (χ3n) is 2.46. The number of ether oxygens (including phenoxy) is 1. The van der Waals surface area contributed by atoms with Crippen molar-refractivity contribution in [2.24, 2.45) is 5.73 Å². The lowest BCUT2D eigenvalue weighted by molar-refractivity contribution is 0.107. The lowest BCUT2D eigenvalue weighted by Crippen LogP contribution is -2.26. The Bertz CT molecular complexity index is 373. The Labute approximate surface area is 95.9 Å². The summed E-state index contributed by atoms with van der Waals surface area (Å²) in [6.07, 6.45) is -1.06. The Kier molecular flexibility index (Phi) is 4.11. The average Bonchev–Trinajstić information content (AvgIpc) is 2.17. The first-order valence-corrected chi connectivity index (χ1v) is 5.18. The van der Waals surface area contributed by atoms with Gasteiger partial charge in [-0.05, 0) is 19.4 Å². The second kappa shape index (κ2) is 5.35. The highest BCUT2D eigenvalue weighted by atomic mass is 16.6. The third-order valence-corrected chi connectivity index (χ3v) is 2.46. The molecule has 0 radical (unpaired) electrons. The number of carbonyl (C=O) groups is 1. The summed E-state index contributed by atoms with van der Waals surface area (Å²) in [7, 11) is 0. The van der Waals surface area contributed by atoms with Crippen LogP contribution in [0.1, 0.15) is 25.3 Å². The lowest BCUT2D eigenvalue weighted by atomic mass is 9.88. The third kappa shape index (κ3) is 3.12. The van der Waals surface area contributed by atoms with E-state index in [1.165, 1.54) is 0 Å². The van der Waals surface area contributed by atoms with Crippen LogP contribution in [0.15, 0.2) is 42.5 Å². The van der Waals surface area contributed by atoms with Crippen LogP contribution in [0, 0.1) is 0 Å². The Balaban J connectivity index is 2.92. The first kappa shape index (κ1) is 12.3. The zero-order chi connectivity index (χ0) is 12.1. The molecule has 2 atom stereocenters. The molecule has 0 aliphatic heterocycles. The predicted molar refractivity (Wildman–Crippen MR) is 64.1 cm³/mol. The highest BCUT2D eigenvalue weighted by Gasteiger charge is 2.22. The predicted octanol–water partition coefficient (Wildman–Crippen LogP) is 2.83. The minimum absolute atomic E-state index is 0.0197. The van der Waals surface area contributed by atoms with Crippen molar-refractivity contribution in [2.75, 3.05) is 0 Å². The number of amides is 1. The molecule has 3 heteroatoms. The van der Waals surface area contributed by atoms with Crippen molar-refractivity contribution in [2.45, 2.75) is 25.9 Å². The van der Waals surface area contributed by atoms with Crippen molar-refractivity contribution < 1.29 is 9.53 Å². The van der Waals surface area contributed by atoms with Gasteiger partial charge >= 0.3 is 6.09 Å². The van der Waals surface area contributed by atoms with Gasteiger partial charge in [-0.2, -0.15) is 0 Å². The molecule has 86 valence electrons. The standard InChI is InChI=1S/C13H17NO2/c1-9(2)12(10(3)16-13(14)15)11-7-5-4-6-8-11/h4-8,10,12H,1H2,2-3H3,(H2,14,15). The monoisotopic (exact) mass is 219 g/mol. The maximum Gasteiger partial charge on any atom is 0.404 e. The smallest absolute Gasteiger partial charge is 0.404 e. The van der Waals surface area contributed by atoms with Crippen LogP contribution in [0.25, 0.3) is 0 Å². The van der Waals surface area contributed by atoms with Gasteiger partial charge in [0.2, 0.25) is 0 Å². The molecule has 0 aliphatic carbocycles. The number of benzene rings is 1. The van der Waals surface area contributed by atoms with Crippen LogP contribution in [0.2, 0.25) is 0 Å². The van der Waals surface area contributed by atoms with Crippen molar-refractivity contribution >= 4 is 6.09 Å². The van der Waals surface area contributed by atoms with Crippen molar-refractivity contribution in [3.63, 3.8) is 0 Å². The van der Waals surface area contributed by atoms with Crippen molar-refractivity contribution in [1.29, 1.82) is 0 Å². The van der Waals surface area contributed by atoms with Gasteiger partial charge in [-0.25, -0.2) is 4.79 Å². The molecule has 2 unspecified atom stereocenters. The van der Waals surface area contributed by atoms with Gasteiger partial charge in [0.1, 0.15) is 6.10 Å². The van der Waals surface area contributed by atoms with Crippen LogP contribution in [-0.2, 0) is 4.74 Å². The van der Waals surface area contributed by atoms with E-state index in [1.807, 2.05) is 44.2 Å². The van der Waals surface area contributed by atoms with Crippen LogP contribution in [0.5, 0.6) is 0 Å². The quantitative estimate of drug-likeness (QED) is 0.791. The van der Waals surface area contributed by atoms with E-state index in [0.717, 1.165) is 11.1 Å². The van der Waals surface area contributed by atoms with Crippen LogP contribution < -0.4 is 5.73 Å². The molecule has 1 aromatic rings. The van der Waals surface area contributed by atoms with Crippen molar-refractivity contribution in [3.05, 3.63) is 48.0 Å². The second-order valence-corrected chi connectivity index (χ2v) is 3.88. The minimum atomic E-state index is -0.755. The fourth-order valence-electron chi connectivity index (χ4n) is 1.87. The summed E-state index contributed by atoms with van der Waals surface area (Å²) in [5, 5.41) is 0. The number of carbonyl (C=O) groups excluding carboxylic acids is 1. The molecule has 0 aromatic heterocycles. The zero-order valence-electron chi connectivity index (χ0n) is 9.64. The number of rotatable bonds is 4. The van der Waals surface area contributed by atoms with Crippen LogP contribution in [-0.4, -0.2) is 12.2 Å². The van der Waals surface area contributed by atoms with E-state index in [0.29, 0.717) is 0 Å². The largest absolute Gasteiger partial charge is 0.446 e. The average molecular weight is 219 g/mol. The summed E-state index contributed by atoms with van der Waals surface area (Å²) >= 11 is 0. The Morgan fingerprint density at radius 1 is 1.38 bits per heavy atom. The van der Waals surface area contributed by atoms with E-state index in [9.17, 15) is 4.79 Å². The van der Waals surface area contributed by atoms with Gasteiger partial charge in [-0.3, -0.25) is 0 Å². The number of hydrogen-bond acceptors (Lipinski definition) is 2. The molecule has 0 spiro atoms. The Morgan fingerprint density at radius 2 is 1.94 bits per heavy atom. The molecular weight excluding hydrogens is 202 g/mol. The number of primary amides is 1. The molecule has 0 heterocycles. The second-order valence-electron chi connectivity index (χ2n) is 3.88. The molecule has 0 saturated heterocycles. The molecule has 1 aromatic carbocycles. The molecule has 1 amide bonds. The molecule has 0 fully saturated rings. The molecule has 16 heavy (non-hydrogen) atoms. The normalized spacial score (nSPS) is 13.9. The van der Waals surface area contributed by atoms with E-state index in [4.69, 9.17) is 10.5 Å². The van der Waals surface area contributed by atoms with E-state index in [2.05, 4.69) is 6.58 Å². The van der Waals surface area contributed by atoms with Gasteiger partial charge in [0.15, 0.2) is 0 Å². The Morgan fingerprint density at radius 3 is 2.38 bits per heavy atom. The van der Waals surface area contributed by atoms with Gasteiger partial charge in [0, 0.05) is 5.92 Å². The highest BCUT2D eigenvalue weighted by molar-refractivity contribution is 5.65. The van der Waals surface area contributed by atoms with Crippen molar-refractivity contribution in [1.82, 2.24) is 0 Å². The summed E-state index contributed by atoms with van der Waals surface area (Å²) < 4.78 is 5.01. The summed E-state index contributed by atoms with van der Waals surface area (Å²) in [6.45, 7) is 7.66. The summed E-state index contributed by atoms with van der Waals surface area (Å²) in [4.78, 5) is 10.7. The molecule has 0 aliphatic rings. The summed E-state index contributed by atoms with van der Waals surface area (Å²) in [6, 6.07) is 9.81. The number of nitrogens with two attached hydrogens (primary N) is 1. The SMILES string of the molecule is C=C(C)C(c1ccccc1)C(C)OC(N)=O. The van der Waals surface area contributed by atoms with E-state index in [-0.39, 0.29) is 12.0 Å². The minimum Gasteiger partial charge on any atom is -0.446 e. The fraction of sp³-hybridized carbons (Fsp3) is 0.308. The lowest BCUT2D eigenvalue weighted by Gasteiger charge is -2.24. The van der Waals surface area contributed by atoms with Gasteiger partial charge in [-0.15, -0.1) is 0 Å². The van der Waals surface area contributed by atoms with E-state index >= 15 is 0 Å². The molecule has 0 saturated carbocycles. The van der Waals surface area contributed by atoms with Crippen molar-refractivity contribution in [3.8, 4) is 0 Å². The molecule has 1 rings (SSSR count). The first-order valence-electron chi connectivity index (χ1n) is 5.18. The maximum absolute atomic E-state index is 10.7. The van der Waals surface area contributed by atoms with E-state index < -0.39 is 6.09 Å². The van der Waals surface area contributed by atoms with Crippen LogP contribution in [0.4, 0.5) is 4.79 Å². The number of hydrogen-bond donors (Lipinski definition) is 1. The molecule has 0 bridgehead atoms. The molecular formula is C13H17NO2. The van der Waals surface area contributed by atoms with Gasteiger partial charge < -0.3 is 10.5 Å². The first-order chi connectivity index (χ1) is 7.52. The Hall–Kier alpha value is -1.77. The fourth-order valence-corrected chi connectivity index (χ4v) is 1.87. The van der Waals surface area contributed by atoms with Crippen LogP contribution in [0.3, 0.4) is 0 Å². The van der Waals surface area contributed by atoms with Gasteiger partial charge in [-0.1, -0.05) is 42.5 Å². The van der Waals surface area contributed by atoms with Crippen LogP contribution >= 0.6 is 0 Å². The zero-order valence-corrected chi connectivity index (χ0v) is 9.64. The topological polar surface area (TPSA) is 52.3 Å².